The van der Waals surface area contributed by atoms with Gasteiger partial charge in [0.1, 0.15) is 11.5 Å². The minimum absolute atomic E-state index is 0.872. The maximum absolute atomic E-state index is 6.54. The summed E-state index contributed by atoms with van der Waals surface area (Å²) < 4.78 is 6.54. The number of rotatable bonds is 10. The summed E-state index contributed by atoms with van der Waals surface area (Å²) in [6.07, 6.45) is 12.9. The Morgan fingerprint density at radius 2 is 1.17 bits per heavy atom. The van der Waals surface area contributed by atoms with Crippen LogP contribution in [0.5, 0.6) is 11.5 Å². The molecule has 4 rings (SSSR count). The second-order valence-corrected chi connectivity index (χ2v) is 8.33. The van der Waals surface area contributed by atoms with Gasteiger partial charge in [0.2, 0.25) is 0 Å². The first kappa shape index (κ1) is 23.9. The van der Waals surface area contributed by atoms with Crippen LogP contribution in [-0.4, -0.2) is 19.9 Å². The van der Waals surface area contributed by atoms with Crippen molar-refractivity contribution in [1.29, 1.82) is 0 Å². The predicted octanol–water partition coefficient (Wildman–Crippen LogP) is 6.02. The predicted molar refractivity (Wildman–Crippen MR) is 139 cm³/mol. The highest BCUT2D eigenvalue weighted by molar-refractivity contribution is 5.49. The molecule has 0 radical (unpaired) electrons. The van der Waals surface area contributed by atoms with Gasteiger partial charge >= 0.3 is 0 Å². The fourth-order valence-corrected chi connectivity index (χ4v) is 4.09. The van der Waals surface area contributed by atoms with Gasteiger partial charge in [0, 0.05) is 23.5 Å². The zero-order valence-electron chi connectivity index (χ0n) is 20.3. The molecule has 0 aliphatic heterocycles. The molecule has 4 aromatic rings. The van der Waals surface area contributed by atoms with Crippen LogP contribution in [0.15, 0.2) is 61.4 Å². The molecule has 0 saturated heterocycles. The molecule has 35 heavy (non-hydrogen) atoms. The zero-order chi connectivity index (χ0) is 24.3. The summed E-state index contributed by atoms with van der Waals surface area (Å²) in [4.78, 5) is 14.7. The number of imidazole rings is 2. The topological polar surface area (TPSA) is 66.6 Å². The molecule has 2 N–H and O–H groups in total. The molecule has 176 valence electrons. The summed E-state index contributed by atoms with van der Waals surface area (Å²) in [6, 6.07) is 12.4. The van der Waals surface area contributed by atoms with Crippen molar-refractivity contribution in [3.63, 3.8) is 0 Å². The average molecular weight is 463 g/mol. The molecule has 0 bridgehead atoms. The standard InChI is InChI=1S/C30H30N4O/c1-3-7-23-13-15-29(25(17-23)9-5-11-27-19-31-21-33-27)35-30-16-14-24(8-4-2)18-26(30)10-6-12-28-20-32-22-34-28/h13-22H,5-6,9-12H2,1-2H3,(H,31,33)(H,32,34). The smallest absolute Gasteiger partial charge is 0.130 e. The van der Waals surface area contributed by atoms with Crippen molar-refractivity contribution in [3.8, 4) is 35.2 Å². The largest absolute Gasteiger partial charge is 0.457 e. The van der Waals surface area contributed by atoms with Crippen LogP contribution in [0.3, 0.4) is 0 Å². The normalized spacial score (nSPS) is 10.2. The van der Waals surface area contributed by atoms with Gasteiger partial charge in [0.05, 0.1) is 24.0 Å². The molecular formula is C30H30N4O. The average Bonchev–Trinajstić information content (AvgIpc) is 3.57. The van der Waals surface area contributed by atoms with Crippen molar-refractivity contribution >= 4 is 0 Å². The van der Waals surface area contributed by atoms with Gasteiger partial charge in [-0.05, 0) is 99.9 Å². The first-order valence-electron chi connectivity index (χ1n) is 12.0. The van der Waals surface area contributed by atoms with E-state index in [0.717, 1.165) is 83.7 Å². The third kappa shape index (κ3) is 6.88. The number of ether oxygens (including phenoxy) is 1. The molecule has 0 aliphatic rings. The van der Waals surface area contributed by atoms with Crippen LogP contribution in [0.4, 0.5) is 0 Å². The summed E-state index contributed by atoms with van der Waals surface area (Å²) in [5, 5.41) is 0. The summed E-state index contributed by atoms with van der Waals surface area (Å²) in [6.45, 7) is 3.72. The van der Waals surface area contributed by atoms with E-state index in [2.05, 4.69) is 55.8 Å². The van der Waals surface area contributed by atoms with E-state index in [9.17, 15) is 0 Å². The van der Waals surface area contributed by atoms with Gasteiger partial charge in [0.15, 0.2) is 0 Å². The van der Waals surface area contributed by atoms with Crippen LogP contribution in [-0.2, 0) is 25.7 Å². The minimum atomic E-state index is 0.872. The van der Waals surface area contributed by atoms with E-state index in [1.165, 1.54) is 0 Å². The molecule has 0 amide bonds. The Labute approximate surface area is 207 Å². The third-order valence-electron chi connectivity index (χ3n) is 5.75. The fraction of sp³-hybridized carbons (Fsp3) is 0.267. The van der Waals surface area contributed by atoms with Crippen molar-refractivity contribution in [1.82, 2.24) is 19.9 Å². The summed E-state index contributed by atoms with van der Waals surface area (Å²) >= 11 is 0. The number of nitrogens with one attached hydrogen (secondary N) is 2. The Morgan fingerprint density at radius 3 is 1.57 bits per heavy atom. The van der Waals surface area contributed by atoms with Crippen LogP contribution in [0.1, 0.15) is 60.3 Å². The monoisotopic (exact) mass is 462 g/mol. The second kappa shape index (κ2) is 12.3. The van der Waals surface area contributed by atoms with E-state index in [1.807, 2.05) is 50.5 Å². The Morgan fingerprint density at radius 1 is 0.686 bits per heavy atom. The van der Waals surface area contributed by atoms with Crippen LogP contribution >= 0.6 is 0 Å². The number of aromatic amines is 2. The first-order valence-corrected chi connectivity index (χ1v) is 12.0. The molecule has 0 fully saturated rings. The molecule has 0 aliphatic carbocycles. The number of H-pyrrole nitrogens is 2. The Bertz CT molecular complexity index is 1240. The van der Waals surface area contributed by atoms with Gasteiger partial charge in [0.25, 0.3) is 0 Å². The summed E-state index contributed by atoms with van der Waals surface area (Å²) in [7, 11) is 0. The maximum atomic E-state index is 6.54. The molecule has 0 atom stereocenters. The molecule has 5 nitrogen and oxygen atoms in total. The SMILES string of the molecule is CC#Cc1ccc(Oc2ccc(C#CC)cc2CCCc2c[nH]cn2)c(CCCc2c[nH]cn2)c1. The van der Waals surface area contributed by atoms with Crippen LogP contribution in [0.25, 0.3) is 0 Å². The van der Waals surface area contributed by atoms with Crippen molar-refractivity contribution < 1.29 is 4.74 Å². The Kier molecular flexibility index (Phi) is 8.41. The molecule has 0 saturated carbocycles. The Balaban J connectivity index is 1.55. The third-order valence-corrected chi connectivity index (χ3v) is 5.75. The van der Waals surface area contributed by atoms with Gasteiger partial charge in [-0.3, -0.25) is 0 Å². The van der Waals surface area contributed by atoms with E-state index in [4.69, 9.17) is 4.74 Å². The number of benzene rings is 2. The van der Waals surface area contributed by atoms with Crippen molar-refractivity contribution in [2.24, 2.45) is 0 Å². The quantitative estimate of drug-likeness (QED) is 0.283. The molecule has 5 heteroatoms. The molecule has 2 heterocycles. The summed E-state index contributed by atoms with van der Waals surface area (Å²) in [5.74, 6) is 14.1. The highest BCUT2D eigenvalue weighted by Crippen LogP contribution is 2.31. The number of aryl methyl sites for hydroxylation is 4. The first-order chi connectivity index (χ1) is 17.2. The maximum Gasteiger partial charge on any atom is 0.130 e. The highest BCUT2D eigenvalue weighted by atomic mass is 16.5. The van der Waals surface area contributed by atoms with Crippen molar-refractivity contribution in [3.05, 3.63) is 95.1 Å². The van der Waals surface area contributed by atoms with Gasteiger partial charge in [-0.1, -0.05) is 11.8 Å². The van der Waals surface area contributed by atoms with Crippen molar-refractivity contribution in [2.45, 2.75) is 52.4 Å². The van der Waals surface area contributed by atoms with E-state index >= 15 is 0 Å². The number of hydrogen-bond donors (Lipinski definition) is 2. The van der Waals surface area contributed by atoms with Gasteiger partial charge < -0.3 is 14.7 Å². The lowest BCUT2D eigenvalue weighted by Crippen LogP contribution is -1.99. The molecule has 2 aromatic carbocycles. The van der Waals surface area contributed by atoms with Crippen LogP contribution in [0, 0.1) is 23.7 Å². The van der Waals surface area contributed by atoms with Crippen molar-refractivity contribution in [2.75, 3.05) is 0 Å². The van der Waals surface area contributed by atoms with E-state index in [1.54, 1.807) is 12.7 Å². The molecule has 0 unspecified atom stereocenters. The van der Waals surface area contributed by atoms with E-state index in [0.29, 0.717) is 0 Å². The highest BCUT2D eigenvalue weighted by Gasteiger charge is 2.11. The molecule has 2 aromatic heterocycles. The second-order valence-electron chi connectivity index (χ2n) is 8.33. The lowest BCUT2D eigenvalue weighted by Gasteiger charge is -2.15. The number of hydrogen-bond acceptors (Lipinski definition) is 3. The van der Waals surface area contributed by atoms with E-state index < -0.39 is 0 Å². The van der Waals surface area contributed by atoms with Crippen LogP contribution < -0.4 is 4.74 Å². The lowest BCUT2D eigenvalue weighted by molar-refractivity contribution is 0.468. The van der Waals surface area contributed by atoms with Gasteiger partial charge in [-0.15, -0.1) is 11.8 Å². The van der Waals surface area contributed by atoms with E-state index in [-0.39, 0.29) is 0 Å². The molecular weight excluding hydrogens is 432 g/mol. The molecule has 0 spiro atoms. The van der Waals surface area contributed by atoms with Crippen LogP contribution in [0.2, 0.25) is 0 Å². The number of nitrogens with zero attached hydrogens (tertiary/aromatic N) is 2. The fourth-order valence-electron chi connectivity index (χ4n) is 4.09. The Hall–Kier alpha value is -4.22. The van der Waals surface area contributed by atoms with Gasteiger partial charge in [-0.25, -0.2) is 9.97 Å². The number of aromatic nitrogens is 4. The summed E-state index contributed by atoms with van der Waals surface area (Å²) in [5.41, 5.74) is 6.46. The van der Waals surface area contributed by atoms with Gasteiger partial charge in [-0.2, -0.15) is 0 Å². The lowest BCUT2D eigenvalue weighted by atomic mass is 10.0. The zero-order valence-corrected chi connectivity index (χ0v) is 20.3. The minimum Gasteiger partial charge on any atom is -0.457 e.